The lowest BCUT2D eigenvalue weighted by atomic mass is 9.54. The Labute approximate surface area is 182 Å². The van der Waals surface area contributed by atoms with E-state index >= 15 is 0 Å². The molecule has 160 valence electrons. The maximum Gasteiger partial charge on any atom is 0.339 e. The van der Waals surface area contributed by atoms with E-state index in [1.165, 1.54) is 32.1 Å². The van der Waals surface area contributed by atoms with Gasteiger partial charge in [0.1, 0.15) is 0 Å². The third kappa shape index (κ3) is 4.01. The maximum absolute atomic E-state index is 12.8. The van der Waals surface area contributed by atoms with Crippen molar-refractivity contribution >= 4 is 17.7 Å². The van der Waals surface area contributed by atoms with Gasteiger partial charge in [0.25, 0.3) is 5.91 Å². The molecule has 4 aliphatic carbocycles. The molecule has 0 aromatic heterocycles. The van der Waals surface area contributed by atoms with Crippen LogP contribution in [0.3, 0.4) is 0 Å². The van der Waals surface area contributed by atoms with Gasteiger partial charge in [-0.3, -0.25) is 9.59 Å². The van der Waals surface area contributed by atoms with Crippen LogP contribution in [0.4, 0.5) is 0 Å². The van der Waals surface area contributed by atoms with Gasteiger partial charge in [-0.2, -0.15) is 0 Å². The van der Waals surface area contributed by atoms with Gasteiger partial charge in [0.2, 0.25) is 0 Å². The van der Waals surface area contributed by atoms with Gasteiger partial charge < -0.3 is 10.1 Å². The molecule has 0 unspecified atom stereocenters. The lowest BCUT2D eigenvalue weighted by Gasteiger charge is -2.54. The van der Waals surface area contributed by atoms with E-state index in [2.05, 4.69) is 5.32 Å². The Balaban J connectivity index is 1.21. The summed E-state index contributed by atoms with van der Waals surface area (Å²) in [4.78, 5) is 38.1. The van der Waals surface area contributed by atoms with Crippen LogP contribution in [0.1, 0.15) is 58.4 Å². The Hall–Kier alpha value is -2.95. The first-order chi connectivity index (χ1) is 15.1. The molecule has 6 rings (SSSR count). The largest absolute Gasteiger partial charge is 0.452 e. The van der Waals surface area contributed by atoms with Crippen molar-refractivity contribution in [1.29, 1.82) is 0 Å². The van der Waals surface area contributed by atoms with E-state index < -0.39 is 5.97 Å². The fraction of sp³-hybridized carbons (Fsp3) is 0.423. The second-order valence-electron chi connectivity index (χ2n) is 9.34. The number of amides is 1. The normalized spacial score (nSPS) is 28.2. The molecule has 0 spiro atoms. The van der Waals surface area contributed by atoms with Gasteiger partial charge in [-0.25, -0.2) is 4.79 Å². The van der Waals surface area contributed by atoms with E-state index in [9.17, 15) is 14.4 Å². The molecule has 2 aromatic rings. The summed E-state index contributed by atoms with van der Waals surface area (Å²) < 4.78 is 5.31. The van der Waals surface area contributed by atoms with Crippen molar-refractivity contribution in [2.24, 2.45) is 23.7 Å². The molecular formula is C26H27NO4. The summed E-state index contributed by atoms with van der Waals surface area (Å²) in [5.74, 6) is 1.67. The van der Waals surface area contributed by atoms with Gasteiger partial charge >= 0.3 is 5.97 Å². The van der Waals surface area contributed by atoms with E-state index in [0.717, 1.165) is 11.8 Å². The summed E-state index contributed by atoms with van der Waals surface area (Å²) >= 11 is 0. The zero-order valence-electron chi connectivity index (χ0n) is 17.5. The number of ether oxygens (including phenoxy) is 1. The molecule has 31 heavy (non-hydrogen) atoms. The van der Waals surface area contributed by atoms with Crippen molar-refractivity contribution in [3.05, 3.63) is 71.3 Å². The predicted octanol–water partition coefficient (Wildman–Crippen LogP) is 4.02. The summed E-state index contributed by atoms with van der Waals surface area (Å²) in [6, 6.07) is 15.6. The van der Waals surface area contributed by atoms with E-state index in [1.807, 2.05) is 6.07 Å². The summed E-state index contributed by atoms with van der Waals surface area (Å²) in [6.07, 6.45) is 6.23. The number of ketones is 1. The number of esters is 1. The Morgan fingerprint density at radius 3 is 2.00 bits per heavy atom. The van der Waals surface area contributed by atoms with Crippen LogP contribution < -0.4 is 5.32 Å². The van der Waals surface area contributed by atoms with Crippen molar-refractivity contribution in [2.75, 3.05) is 6.61 Å². The standard InChI is InChI=1S/C26H27NO4/c28-23(27-24-19-11-16-10-17(13-19)14-20(24)12-16)15-31-26(30)22-9-5-4-8-21(22)25(29)18-6-2-1-3-7-18/h1-9,16-17,19-20,24H,10-15H2,(H,27,28). The van der Waals surface area contributed by atoms with Gasteiger partial charge in [0.05, 0.1) is 5.56 Å². The first-order valence-corrected chi connectivity index (χ1v) is 11.2. The second kappa shape index (κ2) is 8.29. The minimum absolute atomic E-state index is 0.179. The average Bonchev–Trinajstić information content (AvgIpc) is 2.79. The number of benzene rings is 2. The molecule has 0 atom stereocenters. The van der Waals surface area contributed by atoms with Crippen molar-refractivity contribution in [3.63, 3.8) is 0 Å². The fourth-order valence-corrected chi connectivity index (χ4v) is 6.20. The van der Waals surface area contributed by atoms with Crippen molar-refractivity contribution < 1.29 is 19.1 Å². The Kier molecular flexibility index (Phi) is 5.34. The minimum atomic E-state index is -0.653. The first kappa shape index (κ1) is 20.0. The molecule has 4 fully saturated rings. The molecule has 0 saturated heterocycles. The molecule has 0 aliphatic heterocycles. The number of carbonyl (C=O) groups excluding carboxylic acids is 3. The number of hydrogen-bond acceptors (Lipinski definition) is 4. The molecule has 5 heteroatoms. The highest BCUT2D eigenvalue weighted by Crippen LogP contribution is 2.53. The SMILES string of the molecule is O=C(COC(=O)c1ccccc1C(=O)c1ccccc1)NC1C2CC3CC(C2)CC1C3. The Morgan fingerprint density at radius 1 is 0.774 bits per heavy atom. The lowest BCUT2D eigenvalue weighted by molar-refractivity contribution is -0.128. The van der Waals surface area contributed by atoms with Gasteiger partial charge in [-0.1, -0.05) is 48.5 Å². The lowest BCUT2D eigenvalue weighted by Crippen LogP contribution is -2.56. The highest BCUT2D eigenvalue weighted by Gasteiger charge is 2.48. The van der Waals surface area contributed by atoms with Crippen LogP contribution in [0.5, 0.6) is 0 Å². The summed E-state index contributed by atoms with van der Waals surface area (Å²) in [7, 11) is 0. The highest BCUT2D eigenvalue weighted by atomic mass is 16.5. The van der Waals surface area contributed by atoms with Gasteiger partial charge in [0, 0.05) is 17.2 Å². The second-order valence-corrected chi connectivity index (χ2v) is 9.34. The maximum atomic E-state index is 12.8. The number of rotatable bonds is 6. The molecule has 5 nitrogen and oxygen atoms in total. The molecule has 0 heterocycles. The number of hydrogen-bond donors (Lipinski definition) is 1. The van der Waals surface area contributed by atoms with Gasteiger partial charge in [-0.15, -0.1) is 0 Å². The summed E-state index contributed by atoms with van der Waals surface area (Å²) in [5, 5.41) is 3.15. The molecule has 1 N–H and O–H groups in total. The molecular weight excluding hydrogens is 390 g/mol. The molecule has 2 aromatic carbocycles. The minimum Gasteiger partial charge on any atom is -0.452 e. The first-order valence-electron chi connectivity index (χ1n) is 11.2. The number of carbonyl (C=O) groups is 3. The zero-order valence-corrected chi connectivity index (χ0v) is 17.5. The van der Waals surface area contributed by atoms with Crippen LogP contribution >= 0.6 is 0 Å². The quantitative estimate of drug-likeness (QED) is 0.569. The van der Waals surface area contributed by atoms with Gasteiger partial charge in [0.15, 0.2) is 12.4 Å². The fourth-order valence-electron chi connectivity index (χ4n) is 6.20. The van der Waals surface area contributed by atoms with E-state index in [0.29, 0.717) is 17.4 Å². The van der Waals surface area contributed by atoms with Crippen LogP contribution in [-0.4, -0.2) is 30.3 Å². The highest BCUT2D eigenvalue weighted by molar-refractivity contribution is 6.14. The molecule has 4 saturated carbocycles. The molecule has 4 bridgehead atoms. The third-order valence-corrected chi connectivity index (χ3v) is 7.32. The van der Waals surface area contributed by atoms with Crippen LogP contribution in [0.25, 0.3) is 0 Å². The van der Waals surface area contributed by atoms with E-state index in [1.54, 1.807) is 48.5 Å². The predicted molar refractivity (Wildman–Crippen MR) is 116 cm³/mol. The van der Waals surface area contributed by atoms with E-state index in [-0.39, 0.29) is 35.5 Å². The smallest absolute Gasteiger partial charge is 0.339 e. The molecule has 4 aliphatic rings. The summed E-state index contributed by atoms with van der Waals surface area (Å²) in [5.41, 5.74) is 0.960. The zero-order chi connectivity index (χ0) is 21.4. The Morgan fingerprint density at radius 2 is 1.35 bits per heavy atom. The average molecular weight is 418 g/mol. The molecule has 1 amide bonds. The monoisotopic (exact) mass is 417 g/mol. The summed E-state index contributed by atoms with van der Waals surface area (Å²) in [6.45, 7) is -0.324. The van der Waals surface area contributed by atoms with E-state index in [4.69, 9.17) is 4.74 Å². The third-order valence-electron chi connectivity index (χ3n) is 7.32. The number of nitrogens with one attached hydrogen (secondary N) is 1. The van der Waals surface area contributed by atoms with Gasteiger partial charge in [-0.05, 0) is 61.8 Å². The van der Waals surface area contributed by atoms with Crippen molar-refractivity contribution in [2.45, 2.75) is 38.1 Å². The van der Waals surface area contributed by atoms with Crippen LogP contribution in [0.2, 0.25) is 0 Å². The van der Waals surface area contributed by atoms with Crippen LogP contribution in [-0.2, 0) is 9.53 Å². The van der Waals surface area contributed by atoms with Crippen molar-refractivity contribution in [3.8, 4) is 0 Å². The van der Waals surface area contributed by atoms with Crippen molar-refractivity contribution in [1.82, 2.24) is 5.32 Å². The van der Waals surface area contributed by atoms with Crippen LogP contribution in [0, 0.1) is 23.7 Å². The molecule has 0 radical (unpaired) electrons. The topological polar surface area (TPSA) is 72.5 Å². The van der Waals surface area contributed by atoms with Crippen LogP contribution in [0.15, 0.2) is 54.6 Å². The Bertz CT molecular complexity index is 971.